The number of hydrogen-bond acceptors (Lipinski definition) is 4. The molecule has 0 saturated heterocycles. The minimum absolute atomic E-state index is 0.119. The third-order valence-corrected chi connectivity index (χ3v) is 6.23. The first kappa shape index (κ1) is 18.2. The predicted molar refractivity (Wildman–Crippen MR) is 110 cm³/mol. The summed E-state index contributed by atoms with van der Waals surface area (Å²) in [5.41, 5.74) is 2.57. The largest absolute Gasteiger partial charge is 0.469 e. The van der Waals surface area contributed by atoms with Gasteiger partial charge in [-0.1, -0.05) is 17.7 Å². The highest BCUT2D eigenvalue weighted by Gasteiger charge is 2.59. The summed E-state index contributed by atoms with van der Waals surface area (Å²) >= 11 is 6.18. The Morgan fingerprint density at radius 2 is 2.10 bits per heavy atom. The molecule has 3 aromatic rings. The zero-order valence-electron chi connectivity index (χ0n) is 16.0. The highest BCUT2D eigenvalue weighted by molar-refractivity contribution is 6.31. The predicted octanol–water partition coefficient (Wildman–Crippen LogP) is 3.83. The van der Waals surface area contributed by atoms with Crippen LogP contribution in [-0.2, 0) is 32.8 Å². The van der Waals surface area contributed by atoms with Gasteiger partial charge in [0.2, 0.25) is 5.91 Å². The molecule has 29 heavy (non-hydrogen) atoms. The van der Waals surface area contributed by atoms with Gasteiger partial charge in [0.25, 0.3) is 0 Å². The Kier molecular flexibility index (Phi) is 4.13. The second-order valence-electron chi connectivity index (χ2n) is 7.66. The van der Waals surface area contributed by atoms with Crippen molar-refractivity contribution >= 4 is 40.2 Å². The van der Waals surface area contributed by atoms with Crippen molar-refractivity contribution in [3.05, 3.63) is 58.9 Å². The van der Waals surface area contributed by atoms with Crippen LogP contribution in [0.5, 0.6) is 0 Å². The molecule has 6 nitrogen and oxygen atoms in total. The Balaban J connectivity index is 1.55. The number of carbonyl (C=O) groups excluding carboxylic acids is 2. The molecule has 0 unspecified atom stereocenters. The van der Waals surface area contributed by atoms with Crippen LogP contribution < -0.4 is 4.90 Å². The lowest BCUT2D eigenvalue weighted by atomic mass is 10.00. The van der Waals surface area contributed by atoms with E-state index in [1.54, 1.807) is 11.1 Å². The number of carbonyl (C=O) groups is 2. The van der Waals surface area contributed by atoms with Crippen LogP contribution in [0, 0.1) is 0 Å². The number of nitrogens with zero attached hydrogens (tertiary/aromatic N) is 3. The summed E-state index contributed by atoms with van der Waals surface area (Å²) in [7, 11) is 1.39. The number of methoxy groups -OCH3 is 1. The molecule has 2 aromatic heterocycles. The number of amides is 1. The van der Waals surface area contributed by atoms with Crippen molar-refractivity contribution in [3.8, 4) is 0 Å². The van der Waals surface area contributed by atoms with Crippen LogP contribution in [0.3, 0.4) is 0 Å². The Labute approximate surface area is 173 Å². The molecule has 3 heterocycles. The van der Waals surface area contributed by atoms with Crippen LogP contribution in [0.1, 0.15) is 30.5 Å². The number of benzene rings is 1. The monoisotopic (exact) mass is 409 g/mol. The summed E-state index contributed by atoms with van der Waals surface area (Å²) in [6.45, 7) is 0.869. The molecule has 1 aliphatic carbocycles. The molecule has 1 aliphatic heterocycles. The number of pyridine rings is 1. The van der Waals surface area contributed by atoms with E-state index in [4.69, 9.17) is 16.3 Å². The number of ether oxygens (including phenoxy) is 1. The number of fused-ring (bicyclic) bond motifs is 3. The second kappa shape index (κ2) is 6.59. The fraction of sp³-hybridized carbons (Fsp3) is 0.318. The van der Waals surface area contributed by atoms with E-state index in [-0.39, 0.29) is 23.7 Å². The molecule has 5 rings (SSSR count). The number of aromatic nitrogens is 2. The van der Waals surface area contributed by atoms with Crippen molar-refractivity contribution in [2.45, 2.75) is 37.8 Å². The van der Waals surface area contributed by atoms with Crippen molar-refractivity contribution in [1.82, 2.24) is 9.55 Å². The normalized spacial score (nSPS) is 16.5. The van der Waals surface area contributed by atoms with E-state index in [1.807, 2.05) is 36.4 Å². The third kappa shape index (κ3) is 2.82. The molecule has 1 amide bonds. The van der Waals surface area contributed by atoms with Gasteiger partial charge in [-0.2, -0.15) is 0 Å². The maximum absolute atomic E-state index is 13.2. The van der Waals surface area contributed by atoms with Gasteiger partial charge in [0.1, 0.15) is 5.82 Å². The zero-order valence-corrected chi connectivity index (χ0v) is 16.8. The first-order valence-corrected chi connectivity index (χ1v) is 10.0. The summed E-state index contributed by atoms with van der Waals surface area (Å²) in [5, 5.41) is 1.63. The van der Waals surface area contributed by atoms with E-state index in [0.29, 0.717) is 18.1 Å². The SMILES string of the molecule is COC(=O)CCn1c(CN2C(=O)C3(CC3)c3cccnc32)cc2cc(Cl)ccc21. The van der Waals surface area contributed by atoms with Crippen LogP contribution in [0.25, 0.3) is 10.9 Å². The Morgan fingerprint density at radius 1 is 1.28 bits per heavy atom. The van der Waals surface area contributed by atoms with E-state index >= 15 is 0 Å². The fourth-order valence-electron chi connectivity index (χ4n) is 4.37. The molecule has 0 atom stereocenters. The number of aryl methyl sites for hydroxylation is 1. The topological polar surface area (TPSA) is 64.4 Å². The van der Waals surface area contributed by atoms with Gasteiger partial charge in [-0.25, -0.2) is 4.98 Å². The number of hydrogen-bond donors (Lipinski definition) is 0. The molecule has 1 fully saturated rings. The minimum atomic E-state index is -0.379. The number of halogens is 1. The first-order valence-electron chi connectivity index (χ1n) is 9.65. The second-order valence-corrected chi connectivity index (χ2v) is 8.10. The Bertz CT molecular complexity index is 1150. The maximum Gasteiger partial charge on any atom is 0.307 e. The van der Waals surface area contributed by atoms with Gasteiger partial charge in [-0.15, -0.1) is 0 Å². The summed E-state index contributed by atoms with van der Waals surface area (Å²) in [5.74, 6) is 0.597. The molecule has 0 bridgehead atoms. The van der Waals surface area contributed by atoms with Gasteiger partial charge < -0.3 is 9.30 Å². The molecule has 7 heteroatoms. The lowest BCUT2D eigenvalue weighted by Gasteiger charge is -2.19. The molecule has 0 N–H and O–H groups in total. The zero-order chi connectivity index (χ0) is 20.2. The standard InChI is InChI=1S/C22H20ClN3O3/c1-29-19(27)6-10-25-16(12-14-11-15(23)4-5-18(14)25)13-26-20-17(3-2-9-24-20)22(7-8-22)21(26)28/h2-5,9,11-12H,6-8,10,13H2,1H3. The highest BCUT2D eigenvalue weighted by Crippen LogP contribution is 2.56. The highest BCUT2D eigenvalue weighted by atomic mass is 35.5. The smallest absolute Gasteiger partial charge is 0.307 e. The summed E-state index contributed by atoms with van der Waals surface area (Å²) in [6, 6.07) is 11.6. The van der Waals surface area contributed by atoms with E-state index in [0.717, 1.165) is 40.8 Å². The molecular weight excluding hydrogens is 390 g/mol. The summed E-state index contributed by atoms with van der Waals surface area (Å²) in [6.07, 6.45) is 3.74. The van der Waals surface area contributed by atoms with Crippen LogP contribution in [-0.4, -0.2) is 28.5 Å². The molecule has 0 radical (unpaired) electrons. The number of anilines is 1. The summed E-state index contributed by atoms with van der Waals surface area (Å²) < 4.78 is 6.87. The Morgan fingerprint density at radius 3 is 2.86 bits per heavy atom. The Hall–Kier alpha value is -2.86. The van der Waals surface area contributed by atoms with Gasteiger partial charge in [-0.05, 0) is 43.2 Å². The maximum atomic E-state index is 13.2. The van der Waals surface area contributed by atoms with Crippen molar-refractivity contribution in [3.63, 3.8) is 0 Å². The molecule has 1 spiro atoms. The van der Waals surface area contributed by atoms with Crippen molar-refractivity contribution in [2.24, 2.45) is 0 Å². The van der Waals surface area contributed by atoms with Crippen LogP contribution >= 0.6 is 11.6 Å². The van der Waals surface area contributed by atoms with Gasteiger partial charge >= 0.3 is 5.97 Å². The van der Waals surface area contributed by atoms with E-state index in [2.05, 4.69) is 9.55 Å². The number of rotatable bonds is 5. The first-order chi connectivity index (χ1) is 14.0. The molecular formula is C22H20ClN3O3. The molecule has 1 aromatic carbocycles. The average molecular weight is 410 g/mol. The van der Waals surface area contributed by atoms with Gasteiger partial charge in [-0.3, -0.25) is 14.5 Å². The quantitative estimate of drug-likeness (QED) is 0.601. The third-order valence-electron chi connectivity index (χ3n) is 6.00. The van der Waals surface area contributed by atoms with Gasteiger partial charge in [0.15, 0.2) is 0 Å². The van der Waals surface area contributed by atoms with E-state index < -0.39 is 0 Å². The van der Waals surface area contributed by atoms with Crippen molar-refractivity contribution in [1.29, 1.82) is 0 Å². The van der Waals surface area contributed by atoms with E-state index in [9.17, 15) is 9.59 Å². The van der Waals surface area contributed by atoms with E-state index in [1.165, 1.54) is 7.11 Å². The van der Waals surface area contributed by atoms with Crippen LogP contribution in [0.15, 0.2) is 42.6 Å². The summed E-state index contributed by atoms with van der Waals surface area (Å²) in [4.78, 5) is 31.2. The van der Waals surface area contributed by atoms with Gasteiger partial charge in [0, 0.05) is 39.9 Å². The molecule has 2 aliphatic rings. The molecule has 1 saturated carbocycles. The van der Waals surface area contributed by atoms with Crippen LogP contribution in [0.2, 0.25) is 5.02 Å². The lowest BCUT2D eigenvalue weighted by Crippen LogP contribution is -2.32. The average Bonchev–Trinajstić information content (AvgIpc) is 3.42. The van der Waals surface area contributed by atoms with Crippen molar-refractivity contribution < 1.29 is 14.3 Å². The van der Waals surface area contributed by atoms with Gasteiger partial charge in [0.05, 0.1) is 25.5 Å². The molecule has 148 valence electrons. The number of esters is 1. The minimum Gasteiger partial charge on any atom is -0.469 e. The lowest BCUT2D eigenvalue weighted by molar-refractivity contribution is -0.140. The fourth-order valence-corrected chi connectivity index (χ4v) is 4.55. The van der Waals surface area contributed by atoms with Crippen molar-refractivity contribution in [2.75, 3.05) is 12.0 Å². The van der Waals surface area contributed by atoms with Crippen LogP contribution in [0.4, 0.5) is 5.82 Å².